The van der Waals surface area contributed by atoms with Gasteiger partial charge in [0.05, 0.1) is 25.7 Å². The van der Waals surface area contributed by atoms with Crippen LogP contribution in [0.5, 0.6) is 5.75 Å². The van der Waals surface area contributed by atoms with Crippen LogP contribution in [0.1, 0.15) is 5.56 Å². The van der Waals surface area contributed by atoms with Crippen LogP contribution in [0, 0.1) is 0 Å². The number of ether oxygens (including phenoxy) is 1. The van der Waals surface area contributed by atoms with Crippen molar-refractivity contribution in [3.05, 3.63) is 29.8 Å². The maximum atomic E-state index is 12.2. The van der Waals surface area contributed by atoms with Crippen molar-refractivity contribution in [3.8, 4) is 5.75 Å². The lowest BCUT2D eigenvalue weighted by atomic mass is 10.1. The second-order valence-electron chi connectivity index (χ2n) is 4.32. The zero-order chi connectivity index (χ0) is 13.0. The van der Waals surface area contributed by atoms with Gasteiger partial charge >= 0.3 is 0 Å². The molecule has 1 aliphatic heterocycles. The Hall–Kier alpha value is -1.26. The van der Waals surface area contributed by atoms with Crippen LogP contribution in [0.15, 0.2) is 24.3 Å². The van der Waals surface area contributed by atoms with Crippen LogP contribution in [-0.4, -0.2) is 47.6 Å². The van der Waals surface area contributed by atoms with E-state index in [9.17, 15) is 9.90 Å². The average molecular weight is 270 g/mol. The number of hydrogen-bond donors (Lipinski definition) is 1. The molecule has 1 aromatic carbocycles. The molecule has 0 radical (unpaired) electrons. The highest BCUT2D eigenvalue weighted by atomic mass is 35.5. The van der Waals surface area contributed by atoms with Crippen molar-refractivity contribution in [2.75, 3.05) is 25.6 Å². The van der Waals surface area contributed by atoms with E-state index >= 15 is 0 Å². The van der Waals surface area contributed by atoms with Crippen LogP contribution in [-0.2, 0) is 16.0 Å². The van der Waals surface area contributed by atoms with Gasteiger partial charge in [-0.2, -0.15) is 0 Å². The largest absolute Gasteiger partial charge is 0.508 e. The number of morpholine rings is 1. The molecule has 1 N–H and O–H groups in total. The van der Waals surface area contributed by atoms with E-state index in [1.807, 2.05) is 6.07 Å². The molecule has 1 saturated heterocycles. The van der Waals surface area contributed by atoms with E-state index in [0.717, 1.165) is 5.56 Å². The number of halogens is 1. The summed E-state index contributed by atoms with van der Waals surface area (Å²) >= 11 is 5.83. The molecule has 1 fully saturated rings. The van der Waals surface area contributed by atoms with Crippen LogP contribution in [0.2, 0.25) is 0 Å². The Kier molecular flexibility index (Phi) is 4.44. The fourth-order valence-electron chi connectivity index (χ4n) is 2.05. The highest BCUT2D eigenvalue weighted by Gasteiger charge is 2.26. The van der Waals surface area contributed by atoms with Crippen molar-refractivity contribution in [1.29, 1.82) is 0 Å². The highest BCUT2D eigenvalue weighted by Crippen LogP contribution is 2.15. The van der Waals surface area contributed by atoms with Gasteiger partial charge < -0.3 is 14.7 Å². The third-order valence-electron chi connectivity index (χ3n) is 2.99. The molecule has 1 aromatic rings. The first-order chi connectivity index (χ1) is 8.70. The lowest BCUT2D eigenvalue weighted by Crippen LogP contribution is -2.50. The van der Waals surface area contributed by atoms with Gasteiger partial charge in [0, 0.05) is 12.4 Å². The Morgan fingerprint density at radius 3 is 3.11 bits per heavy atom. The maximum absolute atomic E-state index is 12.2. The SMILES string of the molecule is O=C(Cc1cccc(O)c1)N1CCOCC1CCl. The van der Waals surface area contributed by atoms with E-state index in [-0.39, 0.29) is 24.1 Å². The van der Waals surface area contributed by atoms with Gasteiger partial charge in [0.15, 0.2) is 0 Å². The third-order valence-corrected chi connectivity index (χ3v) is 3.35. The van der Waals surface area contributed by atoms with Gasteiger partial charge in [0.1, 0.15) is 5.75 Å². The number of amides is 1. The number of phenolic OH excluding ortho intramolecular Hbond substituents is 1. The van der Waals surface area contributed by atoms with Crippen molar-refractivity contribution in [3.63, 3.8) is 0 Å². The summed E-state index contributed by atoms with van der Waals surface area (Å²) in [5.41, 5.74) is 0.805. The first kappa shape index (κ1) is 13.2. The smallest absolute Gasteiger partial charge is 0.227 e. The van der Waals surface area contributed by atoms with Crippen molar-refractivity contribution >= 4 is 17.5 Å². The predicted molar refractivity (Wildman–Crippen MR) is 68.9 cm³/mol. The topological polar surface area (TPSA) is 49.8 Å². The van der Waals surface area contributed by atoms with Gasteiger partial charge in [-0.3, -0.25) is 4.79 Å². The van der Waals surface area contributed by atoms with Crippen molar-refractivity contribution < 1.29 is 14.6 Å². The molecule has 1 heterocycles. The minimum Gasteiger partial charge on any atom is -0.508 e. The molecule has 0 bridgehead atoms. The number of nitrogens with zero attached hydrogens (tertiary/aromatic N) is 1. The molecule has 1 atom stereocenters. The minimum atomic E-state index is -0.0507. The average Bonchev–Trinajstić information content (AvgIpc) is 2.38. The number of alkyl halides is 1. The molecule has 0 spiro atoms. The van der Waals surface area contributed by atoms with Gasteiger partial charge in [-0.05, 0) is 17.7 Å². The summed E-state index contributed by atoms with van der Waals surface area (Å²) < 4.78 is 5.30. The first-order valence-electron chi connectivity index (χ1n) is 5.92. The van der Waals surface area contributed by atoms with E-state index in [0.29, 0.717) is 25.6 Å². The monoisotopic (exact) mass is 269 g/mol. The lowest BCUT2D eigenvalue weighted by Gasteiger charge is -2.34. The summed E-state index contributed by atoms with van der Waals surface area (Å²) in [6.45, 7) is 1.63. The zero-order valence-corrected chi connectivity index (χ0v) is 10.8. The van der Waals surface area contributed by atoms with Gasteiger partial charge in [0.2, 0.25) is 5.91 Å². The molecule has 5 heteroatoms. The molecule has 0 aromatic heterocycles. The van der Waals surface area contributed by atoms with Gasteiger partial charge in [-0.25, -0.2) is 0 Å². The summed E-state index contributed by atoms with van der Waals surface area (Å²) in [7, 11) is 0. The Bertz CT molecular complexity index is 424. The molecule has 0 saturated carbocycles. The molecule has 4 nitrogen and oxygen atoms in total. The Morgan fingerprint density at radius 2 is 2.39 bits per heavy atom. The number of carbonyl (C=O) groups excluding carboxylic acids is 1. The zero-order valence-electron chi connectivity index (χ0n) is 10.0. The van der Waals surface area contributed by atoms with Crippen molar-refractivity contribution in [1.82, 2.24) is 4.90 Å². The minimum absolute atomic E-state index is 0.0227. The number of benzene rings is 1. The molecule has 98 valence electrons. The Labute approximate surface area is 111 Å². The van der Waals surface area contributed by atoms with Gasteiger partial charge in [0.25, 0.3) is 0 Å². The highest BCUT2D eigenvalue weighted by molar-refractivity contribution is 6.18. The van der Waals surface area contributed by atoms with E-state index in [1.165, 1.54) is 0 Å². The molecule has 18 heavy (non-hydrogen) atoms. The summed E-state index contributed by atoms with van der Waals surface area (Å²) in [4.78, 5) is 13.9. The Morgan fingerprint density at radius 1 is 1.56 bits per heavy atom. The first-order valence-corrected chi connectivity index (χ1v) is 6.45. The van der Waals surface area contributed by atoms with Crippen LogP contribution < -0.4 is 0 Å². The fraction of sp³-hybridized carbons (Fsp3) is 0.462. The third kappa shape index (κ3) is 3.15. The van der Waals surface area contributed by atoms with Crippen LogP contribution >= 0.6 is 11.6 Å². The molecular formula is C13H16ClNO3. The molecule has 1 amide bonds. The van der Waals surface area contributed by atoms with E-state index in [1.54, 1.807) is 23.1 Å². The number of aromatic hydroxyl groups is 1. The summed E-state index contributed by atoms with van der Waals surface area (Å²) in [6, 6.07) is 6.70. The van der Waals surface area contributed by atoms with Crippen molar-refractivity contribution in [2.45, 2.75) is 12.5 Å². The summed E-state index contributed by atoms with van der Waals surface area (Å²) in [6.07, 6.45) is 0.280. The second kappa shape index (κ2) is 6.07. The summed E-state index contributed by atoms with van der Waals surface area (Å²) in [5, 5.41) is 9.37. The van der Waals surface area contributed by atoms with Crippen LogP contribution in [0.3, 0.4) is 0 Å². The maximum Gasteiger partial charge on any atom is 0.227 e. The fourth-order valence-corrected chi connectivity index (χ4v) is 2.31. The van der Waals surface area contributed by atoms with E-state index < -0.39 is 0 Å². The standard InChI is InChI=1S/C13H16ClNO3/c14-8-11-9-18-5-4-15(11)13(17)7-10-2-1-3-12(16)6-10/h1-3,6,11,16H,4-5,7-9H2. The summed E-state index contributed by atoms with van der Waals surface area (Å²) in [5.74, 6) is 0.580. The number of hydrogen-bond acceptors (Lipinski definition) is 3. The number of phenols is 1. The molecule has 1 aliphatic rings. The predicted octanol–water partition coefficient (Wildman–Crippen LogP) is 1.40. The molecule has 2 rings (SSSR count). The molecular weight excluding hydrogens is 254 g/mol. The number of carbonyl (C=O) groups is 1. The van der Waals surface area contributed by atoms with Gasteiger partial charge in [-0.15, -0.1) is 11.6 Å². The van der Waals surface area contributed by atoms with Crippen LogP contribution in [0.4, 0.5) is 0 Å². The second-order valence-corrected chi connectivity index (χ2v) is 4.63. The normalized spacial score (nSPS) is 19.8. The lowest BCUT2D eigenvalue weighted by molar-refractivity contribution is -0.138. The van der Waals surface area contributed by atoms with E-state index in [2.05, 4.69) is 0 Å². The Balaban J connectivity index is 2.02. The number of rotatable bonds is 3. The van der Waals surface area contributed by atoms with Crippen molar-refractivity contribution in [2.24, 2.45) is 0 Å². The van der Waals surface area contributed by atoms with E-state index in [4.69, 9.17) is 16.3 Å². The van der Waals surface area contributed by atoms with Crippen LogP contribution in [0.25, 0.3) is 0 Å². The van der Waals surface area contributed by atoms with Gasteiger partial charge in [-0.1, -0.05) is 12.1 Å². The molecule has 0 aliphatic carbocycles. The molecule has 1 unspecified atom stereocenters. The quantitative estimate of drug-likeness (QED) is 0.844.